The maximum Gasteiger partial charge on any atom is 0.325 e. The number of hydrogen-bond acceptors (Lipinski definition) is 5. The zero-order chi connectivity index (χ0) is 17.4. The summed E-state index contributed by atoms with van der Waals surface area (Å²) in [7, 11) is 0. The summed E-state index contributed by atoms with van der Waals surface area (Å²) < 4.78 is 10.7. The van der Waals surface area contributed by atoms with E-state index < -0.39 is 0 Å². The van der Waals surface area contributed by atoms with Crippen molar-refractivity contribution >= 4 is 23.3 Å². The standard InChI is InChI=1S/C18H20N2O4/c1-3-23-17(22)12-19-15-10-7-11-16(18(15)20-13(2)21)24-14-8-5-4-6-9-14/h4-11,19H,3,12H2,1-2H3,(H,20,21). The lowest BCUT2D eigenvalue weighted by atomic mass is 10.2. The summed E-state index contributed by atoms with van der Waals surface area (Å²) in [5.74, 6) is 0.510. The van der Waals surface area contributed by atoms with Crippen molar-refractivity contribution in [3.63, 3.8) is 0 Å². The molecule has 0 aromatic heterocycles. The average molecular weight is 328 g/mol. The summed E-state index contributed by atoms with van der Waals surface area (Å²) in [5, 5.41) is 5.70. The van der Waals surface area contributed by atoms with Gasteiger partial charge in [-0.2, -0.15) is 0 Å². The van der Waals surface area contributed by atoms with Gasteiger partial charge in [-0.1, -0.05) is 24.3 Å². The molecule has 0 saturated heterocycles. The van der Waals surface area contributed by atoms with Gasteiger partial charge in [0.05, 0.1) is 12.3 Å². The van der Waals surface area contributed by atoms with Crippen LogP contribution in [-0.4, -0.2) is 25.0 Å². The number of carbonyl (C=O) groups is 2. The van der Waals surface area contributed by atoms with Gasteiger partial charge < -0.3 is 20.1 Å². The van der Waals surface area contributed by atoms with Crippen LogP contribution < -0.4 is 15.4 Å². The van der Waals surface area contributed by atoms with Gasteiger partial charge in [-0.3, -0.25) is 9.59 Å². The lowest BCUT2D eigenvalue weighted by molar-refractivity contribution is -0.140. The molecule has 0 atom stereocenters. The number of rotatable bonds is 7. The molecule has 24 heavy (non-hydrogen) atoms. The number of ether oxygens (including phenoxy) is 2. The lowest BCUT2D eigenvalue weighted by Gasteiger charge is -2.16. The number of para-hydroxylation sites is 2. The van der Waals surface area contributed by atoms with Gasteiger partial charge >= 0.3 is 5.97 Å². The molecule has 0 bridgehead atoms. The van der Waals surface area contributed by atoms with E-state index in [-0.39, 0.29) is 18.4 Å². The second-order valence-corrected chi connectivity index (χ2v) is 4.93. The van der Waals surface area contributed by atoms with Gasteiger partial charge in [0.1, 0.15) is 18.0 Å². The molecule has 0 unspecified atom stereocenters. The van der Waals surface area contributed by atoms with E-state index in [2.05, 4.69) is 10.6 Å². The SMILES string of the molecule is CCOC(=O)CNc1cccc(Oc2ccccc2)c1NC(C)=O. The van der Waals surface area contributed by atoms with Crippen LogP contribution in [0.3, 0.4) is 0 Å². The first-order valence-electron chi connectivity index (χ1n) is 7.63. The average Bonchev–Trinajstić information content (AvgIpc) is 2.56. The number of carbonyl (C=O) groups excluding carboxylic acids is 2. The Labute approximate surface area is 140 Å². The molecule has 126 valence electrons. The highest BCUT2D eigenvalue weighted by molar-refractivity contribution is 5.95. The summed E-state index contributed by atoms with van der Waals surface area (Å²) in [6.07, 6.45) is 0. The molecule has 6 heteroatoms. The van der Waals surface area contributed by atoms with Gasteiger partial charge in [0.25, 0.3) is 0 Å². The quantitative estimate of drug-likeness (QED) is 0.762. The predicted molar refractivity (Wildman–Crippen MR) is 92.4 cm³/mol. The van der Waals surface area contributed by atoms with E-state index >= 15 is 0 Å². The van der Waals surface area contributed by atoms with Gasteiger partial charge in [0, 0.05) is 6.92 Å². The van der Waals surface area contributed by atoms with Gasteiger partial charge in [-0.05, 0) is 31.2 Å². The molecule has 0 heterocycles. The number of benzene rings is 2. The number of amides is 1. The Morgan fingerprint density at radius 2 is 1.79 bits per heavy atom. The van der Waals surface area contributed by atoms with E-state index in [0.717, 1.165) is 0 Å². The molecule has 1 amide bonds. The minimum atomic E-state index is -0.374. The van der Waals surface area contributed by atoms with E-state index in [4.69, 9.17) is 9.47 Å². The highest BCUT2D eigenvalue weighted by Crippen LogP contribution is 2.35. The summed E-state index contributed by atoms with van der Waals surface area (Å²) in [4.78, 5) is 23.0. The Morgan fingerprint density at radius 1 is 1.04 bits per heavy atom. The number of hydrogen-bond donors (Lipinski definition) is 2. The van der Waals surface area contributed by atoms with Crippen molar-refractivity contribution in [2.45, 2.75) is 13.8 Å². The van der Waals surface area contributed by atoms with Crippen molar-refractivity contribution < 1.29 is 19.1 Å². The molecule has 0 spiro atoms. The highest BCUT2D eigenvalue weighted by atomic mass is 16.5. The van der Waals surface area contributed by atoms with Crippen LogP contribution in [0.25, 0.3) is 0 Å². The van der Waals surface area contributed by atoms with E-state index in [1.165, 1.54) is 6.92 Å². The second kappa shape index (κ2) is 8.57. The Hall–Kier alpha value is -3.02. The zero-order valence-electron chi connectivity index (χ0n) is 13.7. The van der Waals surface area contributed by atoms with Crippen LogP contribution >= 0.6 is 0 Å². The molecule has 0 radical (unpaired) electrons. The molecule has 6 nitrogen and oxygen atoms in total. The first kappa shape index (κ1) is 17.3. The largest absolute Gasteiger partial charge is 0.465 e. The van der Waals surface area contributed by atoms with E-state index in [1.807, 2.05) is 30.3 Å². The van der Waals surface area contributed by atoms with Crippen molar-refractivity contribution in [1.82, 2.24) is 0 Å². The monoisotopic (exact) mass is 328 g/mol. The number of esters is 1. The molecule has 0 aliphatic heterocycles. The van der Waals surface area contributed by atoms with Crippen LogP contribution in [0.2, 0.25) is 0 Å². The third kappa shape index (κ3) is 5.01. The molecule has 0 saturated carbocycles. The molecule has 0 aliphatic rings. The number of nitrogens with one attached hydrogen (secondary N) is 2. The molecule has 0 fully saturated rings. The fourth-order valence-corrected chi connectivity index (χ4v) is 2.06. The molecule has 2 rings (SSSR count). The summed E-state index contributed by atoms with van der Waals surface area (Å²) in [5.41, 5.74) is 1.05. The van der Waals surface area contributed by atoms with Crippen LogP contribution in [0.5, 0.6) is 11.5 Å². The fraction of sp³-hybridized carbons (Fsp3) is 0.222. The Kier molecular flexibility index (Phi) is 6.19. The van der Waals surface area contributed by atoms with Crippen LogP contribution in [0.15, 0.2) is 48.5 Å². The summed E-state index contributed by atoms with van der Waals surface area (Å²) in [6.45, 7) is 3.47. The zero-order valence-corrected chi connectivity index (χ0v) is 13.7. The van der Waals surface area contributed by atoms with Crippen LogP contribution in [0, 0.1) is 0 Å². The molecule has 0 aliphatic carbocycles. The Bertz CT molecular complexity index is 701. The minimum Gasteiger partial charge on any atom is -0.465 e. The van der Waals surface area contributed by atoms with Crippen molar-refractivity contribution in [2.75, 3.05) is 23.8 Å². The van der Waals surface area contributed by atoms with Gasteiger partial charge in [0.2, 0.25) is 5.91 Å². The third-order valence-electron chi connectivity index (χ3n) is 3.03. The molecule has 2 aromatic rings. The Morgan fingerprint density at radius 3 is 2.46 bits per heavy atom. The van der Waals surface area contributed by atoms with Gasteiger partial charge in [-0.25, -0.2) is 0 Å². The predicted octanol–water partition coefficient (Wildman–Crippen LogP) is 3.41. The van der Waals surface area contributed by atoms with Crippen LogP contribution in [-0.2, 0) is 14.3 Å². The normalized spacial score (nSPS) is 9.92. The molecular formula is C18H20N2O4. The molecular weight excluding hydrogens is 308 g/mol. The van der Waals surface area contributed by atoms with Gasteiger partial charge in [-0.15, -0.1) is 0 Å². The topological polar surface area (TPSA) is 76.7 Å². The fourth-order valence-electron chi connectivity index (χ4n) is 2.06. The molecule has 2 aromatic carbocycles. The Balaban J connectivity index is 2.24. The maximum absolute atomic E-state index is 11.5. The smallest absolute Gasteiger partial charge is 0.325 e. The summed E-state index contributed by atoms with van der Waals surface area (Å²) in [6, 6.07) is 14.5. The second-order valence-electron chi connectivity index (χ2n) is 4.93. The lowest BCUT2D eigenvalue weighted by Crippen LogP contribution is -2.18. The first-order chi connectivity index (χ1) is 11.6. The number of anilines is 2. The van der Waals surface area contributed by atoms with E-state index in [1.54, 1.807) is 25.1 Å². The summed E-state index contributed by atoms with van der Waals surface area (Å²) >= 11 is 0. The van der Waals surface area contributed by atoms with E-state index in [9.17, 15) is 9.59 Å². The maximum atomic E-state index is 11.5. The minimum absolute atomic E-state index is 0.00475. The van der Waals surface area contributed by atoms with Crippen molar-refractivity contribution in [2.24, 2.45) is 0 Å². The van der Waals surface area contributed by atoms with Crippen molar-refractivity contribution in [3.8, 4) is 11.5 Å². The van der Waals surface area contributed by atoms with Crippen molar-refractivity contribution in [3.05, 3.63) is 48.5 Å². The van der Waals surface area contributed by atoms with Crippen LogP contribution in [0.1, 0.15) is 13.8 Å². The first-order valence-corrected chi connectivity index (χ1v) is 7.63. The van der Waals surface area contributed by atoms with Crippen LogP contribution in [0.4, 0.5) is 11.4 Å². The van der Waals surface area contributed by atoms with E-state index in [0.29, 0.717) is 29.5 Å². The van der Waals surface area contributed by atoms with Crippen molar-refractivity contribution in [1.29, 1.82) is 0 Å². The molecule has 2 N–H and O–H groups in total. The highest BCUT2D eigenvalue weighted by Gasteiger charge is 2.13. The van der Waals surface area contributed by atoms with Gasteiger partial charge in [0.15, 0.2) is 5.75 Å². The third-order valence-corrected chi connectivity index (χ3v) is 3.03.